The zero-order valence-corrected chi connectivity index (χ0v) is 12.3. The van der Waals surface area contributed by atoms with Crippen LogP contribution in [-0.4, -0.2) is 38.9 Å². The Hall–Kier alpha value is -1.78. The van der Waals surface area contributed by atoms with E-state index in [2.05, 4.69) is 6.07 Å². The molecule has 7 heteroatoms. The topological polar surface area (TPSA) is 88.6 Å². The summed E-state index contributed by atoms with van der Waals surface area (Å²) in [5, 5.41) is 10.0. The third-order valence-corrected chi connectivity index (χ3v) is 4.51. The van der Waals surface area contributed by atoms with E-state index in [4.69, 9.17) is 15.2 Å². The molecule has 0 bridgehead atoms. The van der Waals surface area contributed by atoms with Gasteiger partial charge in [-0.05, 0) is 13.3 Å². The van der Waals surface area contributed by atoms with Crippen molar-refractivity contribution in [3.63, 3.8) is 0 Å². The Morgan fingerprint density at radius 3 is 2.95 bits per heavy atom. The van der Waals surface area contributed by atoms with Crippen molar-refractivity contribution in [2.45, 2.75) is 19.4 Å². The molecule has 1 atom stereocenters. The smallest absolute Gasteiger partial charge is 0.350 e. The number of nitrogens with two attached hydrogens (primary N) is 1. The number of nitriles is 1. The molecule has 2 heterocycles. The normalized spacial score (nSPS) is 18.1. The van der Waals surface area contributed by atoms with Gasteiger partial charge in [-0.15, -0.1) is 11.3 Å². The highest BCUT2D eigenvalue weighted by atomic mass is 32.1. The van der Waals surface area contributed by atoms with Crippen molar-refractivity contribution in [2.75, 3.05) is 37.4 Å². The summed E-state index contributed by atoms with van der Waals surface area (Å²) in [7, 11) is 1.67. The number of thiophene rings is 1. The standard InChI is InChI=1S/C13H17N3O3S/c1-3-19-13(17)11-10(15)9(6-14)12(20-11)16-5-4-8(7-16)18-2/h8H,3-5,7,15H2,1-2H3. The van der Waals surface area contributed by atoms with E-state index in [9.17, 15) is 10.1 Å². The second-order valence-corrected chi connectivity index (χ2v) is 5.45. The number of hydrogen-bond donors (Lipinski definition) is 1. The number of anilines is 2. The Morgan fingerprint density at radius 2 is 2.40 bits per heavy atom. The predicted octanol–water partition coefficient (Wildman–Crippen LogP) is 1.60. The Kier molecular flexibility index (Phi) is 4.47. The second kappa shape index (κ2) is 6.11. The van der Waals surface area contributed by atoms with Crippen LogP contribution in [0.3, 0.4) is 0 Å². The summed E-state index contributed by atoms with van der Waals surface area (Å²) < 4.78 is 10.3. The average molecular weight is 295 g/mol. The van der Waals surface area contributed by atoms with Gasteiger partial charge in [0.2, 0.25) is 0 Å². The average Bonchev–Trinajstić information content (AvgIpc) is 3.02. The Balaban J connectivity index is 2.32. The fourth-order valence-corrected chi connectivity index (χ4v) is 3.32. The highest BCUT2D eigenvalue weighted by Gasteiger charge is 2.29. The van der Waals surface area contributed by atoms with Gasteiger partial charge in [0.1, 0.15) is 21.5 Å². The minimum absolute atomic E-state index is 0.149. The van der Waals surface area contributed by atoms with Crippen LogP contribution in [-0.2, 0) is 9.47 Å². The number of hydrogen-bond acceptors (Lipinski definition) is 7. The molecule has 1 aromatic rings. The molecule has 2 rings (SSSR count). The van der Waals surface area contributed by atoms with Crippen LogP contribution in [0.5, 0.6) is 0 Å². The van der Waals surface area contributed by atoms with E-state index in [1.54, 1.807) is 14.0 Å². The maximum Gasteiger partial charge on any atom is 0.350 e. The van der Waals surface area contributed by atoms with E-state index in [0.29, 0.717) is 17.0 Å². The lowest BCUT2D eigenvalue weighted by atomic mass is 10.2. The van der Waals surface area contributed by atoms with E-state index in [1.807, 2.05) is 4.90 Å². The van der Waals surface area contributed by atoms with Gasteiger partial charge in [-0.25, -0.2) is 4.79 Å². The third kappa shape index (κ3) is 2.57. The quantitative estimate of drug-likeness (QED) is 0.849. The van der Waals surface area contributed by atoms with Gasteiger partial charge >= 0.3 is 5.97 Å². The van der Waals surface area contributed by atoms with Crippen LogP contribution in [0.1, 0.15) is 28.6 Å². The third-order valence-electron chi connectivity index (χ3n) is 3.26. The van der Waals surface area contributed by atoms with Crippen molar-refractivity contribution < 1.29 is 14.3 Å². The van der Waals surface area contributed by atoms with Gasteiger partial charge in [0.25, 0.3) is 0 Å². The van der Waals surface area contributed by atoms with Crippen molar-refractivity contribution in [3.05, 3.63) is 10.4 Å². The molecule has 1 aromatic heterocycles. The number of nitrogens with zero attached hydrogens (tertiary/aromatic N) is 2. The monoisotopic (exact) mass is 295 g/mol. The van der Waals surface area contributed by atoms with E-state index >= 15 is 0 Å². The minimum atomic E-state index is -0.472. The molecule has 1 aliphatic rings. The van der Waals surface area contributed by atoms with E-state index in [-0.39, 0.29) is 18.4 Å². The summed E-state index contributed by atoms with van der Waals surface area (Å²) >= 11 is 1.22. The lowest BCUT2D eigenvalue weighted by Crippen LogP contribution is -2.21. The molecule has 0 aromatic carbocycles. The maximum absolute atomic E-state index is 11.8. The molecule has 2 N–H and O–H groups in total. The molecular formula is C13H17N3O3S. The van der Waals surface area contributed by atoms with E-state index in [1.165, 1.54) is 11.3 Å². The largest absolute Gasteiger partial charge is 0.462 e. The van der Waals surface area contributed by atoms with Gasteiger partial charge in [-0.2, -0.15) is 5.26 Å². The summed E-state index contributed by atoms with van der Waals surface area (Å²) in [6.07, 6.45) is 1.05. The Labute approximate surface area is 121 Å². The number of esters is 1. The molecule has 6 nitrogen and oxygen atoms in total. The maximum atomic E-state index is 11.8. The molecule has 0 amide bonds. The Bertz CT molecular complexity index is 550. The fraction of sp³-hybridized carbons (Fsp3) is 0.538. The first-order valence-electron chi connectivity index (χ1n) is 6.39. The summed E-state index contributed by atoms with van der Waals surface area (Å²) in [4.78, 5) is 14.2. The van der Waals surface area contributed by atoms with Crippen LogP contribution in [0.2, 0.25) is 0 Å². The van der Waals surface area contributed by atoms with Crippen molar-refractivity contribution >= 4 is 28.0 Å². The van der Waals surface area contributed by atoms with Gasteiger partial charge in [0, 0.05) is 20.2 Å². The van der Waals surface area contributed by atoms with Crippen LogP contribution in [0.15, 0.2) is 0 Å². The molecule has 1 saturated heterocycles. The number of methoxy groups -OCH3 is 1. The summed E-state index contributed by atoms with van der Waals surface area (Å²) in [5.41, 5.74) is 6.48. The summed E-state index contributed by atoms with van der Waals surface area (Å²) in [5.74, 6) is -0.472. The predicted molar refractivity (Wildman–Crippen MR) is 77.0 cm³/mol. The number of carbonyl (C=O) groups excluding carboxylic acids is 1. The molecule has 0 saturated carbocycles. The Morgan fingerprint density at radius 1 is 1.65 bits per heavy atom. The highest BCUT2D eigenvalue weighted by Crippen LogP contribution is 2.39. The number of ether oxygens (including phenoxy) is 2. The van der Waals surface area contributed by atoms with Crippen LogP contribution in [0, 0.1) is 11.3 Å². The van der Waals surface area contributed by atoms with Crippen molar-refractivity contribution in [1.82, 2.24) is 0 Å². The second-order valence-electron chi connectivity index (χ2n) is 4.45. The molecule has 20 heavy (non-hydrogen) atoms. The fourth-order valence-electron chi connectivity index (χ4n) is 2.22. The molecule has 1 unspecified atom stereocenters. The van der Waals surface area contributed by atoms with Crippen molar-refractivity contribution in [2.24, 2.45) is 0 Å². The minimum Gasteiger partial charge on any atom is -0.462 e. The number of nitrogen functional groups attached to an aromatic ring is 1. The molecule has 0 aliphatic carbocycles. The SMILES string of the molecule is CCOC(=O)c1sc(N2CCC(OC)C2)c(C#N)c1N. The molecule has 1 fully saturated rings. The lowest BCUT2D eigenvalue weighted by Gasteiger charge is -2.16. The first kappa shape index (κ1) is 14.6. The summed E-state index contributed by atoms with van der Waals surface area (Å²) in [6.45, 7) is 3.50. The number of rotatable bonds is 4. The zero-order valence-electron chi connectivity index (χ0n) is 11.5. The van der Waals surface area contributed by atoms with Crippen LogP contribution in [0.25, 0.3) is 0 Å². The summed E-state index contributed by atoms with van der Waals surface area (Å²) in [6, 6.07) is 2.09. The van der Waals surface area contributed by atoms with E-state index in [0.717, 1.165) is 18.0 Å². The highest BCUT2D eigenvalue weighted by molar-refractivity contribution is 7.18. The van der Waals surface area contributed by atoms with Gasteiger partial charge in [-0.3, -0.25) is 0 Å². The zero-order chi connectivity index (χ0) is 14.7. The van der Waals surface area contributed by atoms with Gasteiger partial charge < -0.3 is 20.1 Å². The van der Waals surface area contributed by atoms with Crippen LogP contribution >= 0.6 is 11.3 Å². The van der Waals surface area contributed by atoms with Gasteiger partial charge in [0.05, 0.1) is 18.4 Å². The van der Waals surface area contributed by atoms with Crippen molar-refractivity contribution in [3.8, 4) is 6.07 Å². The van der Waals surface area contributed by atoms with Gasteiger partial charge in [0.15, 0.2) is 0 Å². The molecule has 0 spiro atoms. The molecular weight excluding hydrogens is 278 g/mol. The molecule has 0 radical (unpaired) electrons. The first-order chi connectivity index (χ1) is 9.62. The molecule has 1 aliphatic heterocycles. The van der Waals surface area contributed by atoms with Crippen LogP contribution < -0.4 is 10.6 Å². The molecule has 108 valence electrons. The van der Waals surface area contributed by atoms with Gasteiger partial charge in [-0.1, -0.05) is 0 Å². The van der Waals surface area contributed by atoms with E-state index < -0.39 is 5.97 Å². The van der Waals surface area contributed by atoms with Crippen molar-refractivity contribution in [1.29, 1.82) is 5.26 Å². The first-order valence-corrected chi connectivity index (χ1v) is 7.21. The van der Waals surface area contributed by atoms with Crippen LogP contribution in [0.4, 0.5) is 10.7 Å². The lowest BCUT2D eigenvalue weighted by molar-refractivity contribution is 0.0533. The number of carbonyl (C=O) groups is 1.